The highest BCUT2D eigenvalue weighted by Crippen LogP contribution is 2.21. The normalized spacial score (nSPS) is 18.6. The third-order valence-electron chi connectivity index (χ3n) is 5.57. The second kappa shape index (κ2) is 10.7. The molecule has 1 saturated heterocycles. The van der Waals surface area contributed by atoms with Gasteiger partial charge in [0.2, 0.25) is 0 Å². The van der Waals surface area contributed by atoms with Crippen LogP contribution in [0.2, 0.25) is 0 Å². The second-order valence-corrected chi connectivity index (χ2v) is 9.37. The maximum absolute atomic E-state index is 12.9. The summed E-state index contributed by atoms with van der Waals surface area (Å²) in [5.41, 5.74) is 3.42. The van der Waals surface area contributed by atoms with E-state index < -0.39 is 0 Å². The van der Waals surface area contributed by atoms with Crippen molar-refractivity contribution < 1.29 is 14.3 Å². The van der Waals surface area contributed by atoms with Gasteiger partial charge in [0.25, 0.3) is 11.8 Å². The summed E-state index contributed by atoms with van der Waals surface area (Å²) in [4.78, 5) is 28.0. The fraction of sp³-hybridized carbons (Fsp3) is 0.308. The fourth-order valence-electron chi connectivity index (χ4n) is 4.08. The molecule has 2 N–H and O–H groups in total. The van der Waals surface area contributed by atoms with Crippen LogP contribution in [0.25, 0.3) is 0 Å². The number of ether oxygens (including phenoxy) is 1. The van der Waals surface area contributed by atoms with E-state index in [1.54, 1.807) is 18.2 Å². The number of amides is 2. The molecule has 3 aromatic rings. The Morgan fingerprint density at radius 1 is 0.970 bits per heavy atom. The first kappa shape index (κ1) is 23.2. The van der Waals surface area contributed by atoms with Crippen LogP contribution in [0.3, 0.4) is 0 Å². The number of carbonyl (C=O) groups excluding carboxylic acids is 2. The van der Waals surface area contributed by atoms with E-state index in [1.165, 1.54) is 11.3 Å². The van der Waals surface area contributed by atoms with Gasteiger partial charge in [0.15, 0.2) is 0 Å². The van der Waals surface area contributed by atoms with Gasteiger partial charge < -0.3 is 15.4 Å². The number of nitrogens with zero attached hydrogens (tertiary/aromatic N) is 1. The van der Waals surface area contributed by atoms with Gasteiger partial charge in [-0.15, -0.1) is 11.3 Å². The molecule has 1 fully saturated rings. The van der Waals surface area contributed by atoms with E-state index in [-0.39, 0.29) is 24.0 Å². The first-order valence-corrected chi connectivity index (χ1v) is 12.0. The number of carbonyl (C=O) groups is 2. The summed E-state index contributed by atoms with van der Waals surface area (Å²) in [5, 5.41) is 7.84. The Hall–Kier alpha value is -3.00. The zero-order valence-corrected chi connectivity index (χ0v) is 19.7. The van der Waals surface area contributed by atoms with Crippen LogP contribution in [0, 0.1) is 0 Å². The van der Waals surface area contributed by atoms with Crippen molar-refractivity contribution >= 4 is 28.8 Å². The van der Waals surface area contributed by atoms with Crippen LogP contribution in [0.4, 0.5) is 5.69 Å². The van der Waals surface area contributed by atoms with Gasteiger partial charge in [0.05, 0.1) is 17.1 Å². The van der Waals surface area contributed by atoms with Crippen molar-refractivity contribution in [1.82, 2.24) is 10.2 Å². The topological polar surface area (TPSA) is 70.7 Å². The van der Waals surface area contributed by atoms with Crippen LogP contribution < -0.4 is 10.6 Å². The molecule has 2 unspecified atom stereocenters. The number of hydrogen-bond donors (Lipinski definition) is 2. The Morgan fingerprint density at radius 3 is 2.39 bits per heavy atom. The molecule has 1 aromatic heterocycles. The summed E-state index contributed by atoms with van der Waals surface area (Å²) in [6.07, 6.45) is 0.397. The number of para-hydroxylation sites is 1. The third-order valence-corrected chi connectivity index (χ3v) is 6.44. The van der Waals surface area contributed by atoms with Gasteiger partial charge in [-0.3, -0.25) is 14.5 Å². The van der Waals surface area contributed by atoms with E-state index in [4.69, 9.17) is 4.74 Å². The van der Waals surface area contributed by atoms with Crippen molar-refractivity contribution in [2.24, 2.45) is 0 Å². The van der Waals surface area contributed by atoms with E-state index in [9.17, 15) is 9.59 Å². The van der Waals surface area contributed by atoms with Gasteiger partial charge in [0.1, 0.15) is 0 Å². The number of morpholine rings is 1. The second-order valence-electron chi connectivity index (χ2n) is 8.42. The van der Waals surface area contributed by atoms with Crippen LogP contribution >= 0.6 is 11.3 Å². The Morgan fingerprint density at radius 2 is 1.70 bits per heavy atom. The highest BCUT2D eigenvalue weighted by Gasteiger charge is 2.23. The van der Waals surface area contributed by atoms with Crippen molar-refractivity contribution in [2.75, 3.05) is 18.4 Å². The average molecular weight is 464 g/mol. The van der Waals surface area contributed by atoms with Crippen LogP contribution in [-0.4, -0.2) is 42.0 Å². The molecule has 172 valence electrons. The van der Waals surface area contributed by atoms with E-state index in [1.807, 2.05) is 41.8 Å². The Bertz CT molecular complexity index is 1070. The van der Waals surface area contributed by atoms with Crippen molar-refractivity contribution in [3.63, 3.8) is 0 Å². The molecule has 2 amide bonds. The lowest BCUT2D eigenvalue weighted by atomic mass is 10.1. The minimum Gasteiger partial charge on any atom is -0.373 e. The molecular weight excluding hydrogens is 434 g/mol. The summed E-state index contributed by atoms with van der Waals surface area (Å²) < 4.78 is 5.83. The minimum absolute atomic E-state index is 0.0903. The Kier molecular flexibility index (Phi) is 7.54. The Labute approximate surface area is 198 Å². The molecule has 0 saturated carbocycles. The number of rotatable bonds is 7. The summed E-state index contributed by atoms with van der Waals surface area (Å²) in [7, 11) is 0. The van der Waals surface area contributed by atoms with Crippen LogP contribution in [0.5, 0.6) is 0 Å². The molecular formula is C26H29N3O3S. The maximum atomic E-state index is 12.9. The average Bonchev–Trinajstić information content (AvgIpc) is 3.34. The lowest BCUT2D eigenvalue weighted by Crippen LogP contribution is -2.44. The predicted octanol–water partition coefficient (Wildman–Crippen LogP) is 4.54. The minimum atomic E-state index is -0.152. The molecule has 2 heterocycles. The molecule has 4 rings (SSSR count). The van der Waals surface area contributed by atoms with Gasteiger partial charge in [-0.2, -0.15) is 0 Å². The highest BCUT2D eigenvalue weighted by atomic mass is 32.1. The molecule has 33 heavy (non-hydrogen) atoms. The number of nitrogens with one attached hydrogen (secondary N) is 2. The third kappa shape index (κ3) is 6.28. The molecule has 0 radical (unpaired) electrons. The molecule has 1 aliphatic rings. The van der Waals surface area contributed by atoms with Gasteiger partial charge >= 0.3 is 0 Å². The molecule has 2 atom stereocenters. The van der Waals surface area contributed by atoms with Gasteiger partial charge in [-0.1, -0.05) is 36.4 Å². The zero-order chi connectivity index (χ0) is 23.2. The largest absolute Gasteiger partial charge is 0.373 e. The van der Waals surface area contributed by atoms with Crippen molar-refractivity contribution in [3.8, 4) is 0 Å². The van der Waals surface area contributed by atoms with Gasteiger partial charge in [-0.05, 0) is 54.6 Å². The van der Waals surface area contributed by atoms with Crippen molar-refractivity contribution in [2.45, 2.75) is 39.1 Å². The molecule has 2 aromatic carbocycles. The lowest BCUT2D eigenvalue weighted by Gasteiger charge is -2.35. The molecule has 7 heteroatoms. The number of thiophene rings is 1. The summed E-state index contributed by atoms with van der Waals surface area (Å²) >= 11 is 1.41. The first-order chi connectivity index (χ1) is 16.0. The van der Waals surface area contributed by atoms with Gasteiger partial charge in [-0.25, -0.2) is 0 Å². The highest BCUT2D eigenvalue weighted by molar-refractivity contribution is 7.12. The summed E-state index contributed by atoms with van der Waals surface area (Å²) in [5.74, 6) is -0.243. The molecule has 1 aliphatic heterocycles. The fourth-order valence-corrected chi connectivity index (χ4v) is 4.72. The van der Waals surface area contributed by atoms with E-state index in [0.29, 0.717) is 17.0 Å². The molecule has 0 bridgehead atoms. The van der Waals surface area contributed by atoms with E-state index >= 15 is 0 Å². The van der Waals surface area contributed by atoms with Crippen LogP contribution in [0.1, 0.15) is 45.0 Å². The SMILES string of the molecule is CC1CN(Cc2ccccc2NC(=O)c2ccc(CNC(=O)c3cccs3)cc2)CC(C)O1. The molecule has 0 aliphatic carbocycles. The summed E-state index contributed by atoms with van der Waals surface area (Å²) in [6.45, 7) is 7.10. The number of hydrogen-bond acceptors (Lipinski definition) is 5. The predicted molar refractivity (Wildman–Crippen MR) is 132 cm³/mol. The molecule has 6 nitrogen and oxygen atoms in total. The monoisotopic (exact) mass is 463 g/mol. The standard InChI is InChI=1S/C26H29N3O3S/c1-18-15-29(16-19(2)32-18)17-22-6-3-4-7-23(22)28-25(30)21-11-9-20(10-12-21)14-27-26(31)24-8-5-13-33-24/h3-13,18-19H,14-17H2,1-2H3,(H,27,31)(H,28,30). The first-order valence-electron chi connectivity index (χ1n) is 11.2. The number of anilines is 1. The van der Waals surface area contributed by atoms with Crippen molar-refractivity contribution in [3.05, 3.63) is 87.6 Å². The smallest absolute Gasteiger partial charge is 0.261 e. The molecule has 0 spiro atoms. The van der Waals surface area contributed by atoms with E-state index in [0.717, 1.165) is 36.4 Å². The Balaban J connectivity index is 1.36. The van der Waals surface area contributed by atoms with Crippen LogP contribution in [-0.2, 0) is 17.8 Å². The zero-order valence-electron chi connectivity index (χ0n) is 18.9. The van der Waals surface area contributed by atoms with Gasteiger partial charge in [0, 0.05) is 37.4 Å². The maximum Gasteiger partial charge on any atom is 0.261 e. The summed E-state index contributed by atoms with van der Waals surface area (Å²) in [6, 6.07) is 18.9. The van der Waals surface area contributed by atoms with Crippen LogP contribution in [0.15, 0.2) is 66.0 Å². The lowest BCUT2D eigenvalue weighted by molar-refractivity contribution is -0.0704. The number of benzene rings is 2. The van der Waals surface area contributed by atoms with E-state index in [2.05, 4.69) is 35.4 Å². The van der Waals surface area contributed by atoms with Crippen molar-refractivity contribution in [1.29, 1.82) is 0 Å². The quantitative estimate of drug-likeness (QED) is 0.540.